The maximum Gasteiger partial charge on any atom is 0.323 e. The van der Waals surface area contributed by atoms with Crippen molar-refractivity contribution in [3.63, 3.8) is 0 Å². The zero-order valence-electron chi connectivity index (χ0n) is 23.3. The smallest absolute Gasteiger partial charge is 0.323 e. The average molecular weight is 574 g/mol. The van der Waals surface area contributed by atoms with Gasteiger partial charge in [-0.3, -0.25) is 10.2 Å². The highest BCUT2D eigenvalue weighted by atomic mass is 35.5. The van der Waals surface area contributed by atoms with Crippen LogP contribution in [0.15, 0.2) is 23.6 Å². The molecule has 2 aliphatic carbocycles. The molecular weight excluding hydrogens is 530 g/mol. The Hall–Kier alpha value is -1.87. The molecule has 1 aromatic heterocycles. The number of nitrogens with one attached hydrogen (secondary N) is 1. The van der Waals surface area contributed by atoms with Crippen LogP contribution in [0.3, 0.4) is 0 Å². The van der Waals surface area contributed by atoms with Gasteiger partial charge in [0.25, 0.3) is 0 Å². The predicted molar refractivity (Wildman–Crippen MR) is 162 cm³/mol. The number of rotatable bonds is 7. The normalized spacial score (nSPS) is 23.3. The quantitative estimate of drug-likeness (QED) is 0.420. The number of carbonyl (C=O) groups excluding carboxylic acids is 1. The second-order valence-corrected chi connectivity index (χ2v) is 12.6. The molecule has 0 radical (unpaired) electrons. The highest BCUT2D eigenvalue weighted by Gasteiger charge is 2.33. The van der Waals surface area contributed by atoms with E-state index in [1.165, 1.54) is 94.3 Å². The third kappa shape index (κ3) is 7.07. The molecule has 1 N–H and O–H groups in total. The van der Waals surface area contributed by atoms with Crippen LogP contribution in [0.5, 0.6) is 5.75 Å². The molecular formula is C30H44ClN5O2S. The molecule has 2 aliphatic heterocycles. The first-order valence-corrected chi connectivity index (χ1v) is 15.7. The number of methoxy groups -OCH3 is 1. The topological polar surface area (TPSA) is 60.9 Å². The first-order valence-electron chi connectivity index (χ1n) is 14.8. The lowest BCUT2D eigenvalue weighted by Crippen LogP contribution is -2.52. The summed E-state index contributed by atoms with van der Waals surface area (Å²) >= 11 is 1.49. The standard InChI is InChI=1S/C30H43N5O2S.ClH/c1-37-28-12-9-24(23-7-3-2-4-8-23)18-26(28)27-21-38-29(31-27)32-30(36)34-16-14-33(15-17-34)19-22-6-5-13-35(20-22)25-10-11-25;/h9,12,18,21-23,25H,2-8,10-11,13-17,19-20H2,1H3,(H,31,32,36);1H/t22-;/m0./s1. The van der Waals surface area contributed by atoms with Gasteiger partial charge in [-0.05, 0) is 74.6 Å². The Morgan fingerprint density at radius 2 is 1.82 bits per heavy atom. The summed E-state index contributed by atoms with van der Waals surface area (Å²) in [4.78, 5) is 25.1. The molecule has 1 aromatic carbocycles. The molecule has 0 spiro atoms. The average Bonchev–Trinajstić information content (AvgIpc) is 3.72. The molecule has 39 heavy (non-hydrogen) atoms. The number of hydrogen-bond acceptors (Lipinski definition) is 6. The Balaban J connectivity index is 0.00000308. The summed E-state index contributed by atoms with van der Waals surface area (Å²) in [6, 6.07) is 7.39. The number of piperazine rings is 1. The molecule has 0 unspecified atom stereocenters. The Labute approximate surface area is 243 Å². The number of anilines is 1. The van der Waals surface area contributed by atoms with E-state index in [2.05, 4.69) is 33.3 Å². The van der Waals surface area contributed by atoms with E-state index >= 15 is 0 Å². The number of hydrogen-bond donors (Lipinski definition) is 1. The molecule has 4 fully saturated rings. The fourth-order valence-electron chi connectivity index (χ4n) is 6.76. The maximum atomic E-state index is 13.1. The number of ether oxygens (including phenoxy) is 1. The molecule has 6 rings (SSSR count). The van der Waals surface area contributed by atoms with E-state index in [0.29, 0.717) is 11.0 Å². The number of benzene rings is 1. The van der Waals surface area contributed by atoms with Crippen molar-refractivity contribution in [2.24, 2.45) is 5.92 Å². The van der Waals surface area contributed by atoms with Crippen molar-refractivity contribution < 1.29 is 9.53 Å². The number of urea groups is 1. The Kier molecular flexibility index (Phi) is 9.69. The largest absolute Gasteiger partial charge is 0.496 e. The molecule has 1 atom stereocenters. The van der Waals surface area contributed by atoms with Crippen molar-refractivity contribution in [1.82, 2.24) is 19.7 Å². The van der Waals surface area contributed by atoms with Crippen molar-refractivity contribution in [1.29, 1.82) is 0 Å². The number of amides is 2. The molecule has 0 bridgehead atoms. The number of aromatic nitrogens is 1. The first-order chi connectivity index (χ1) is 18.7. The van der Waals surface area contributed by atoms with E-state index in [9.17, 15) is 4.79 Å². The maximum absolute atomic E-state index is 13.1. The van der Waals surface area contributed by atoms with Gasteiger partial charge in [-0.2, -0.15) is 0 Å². The summed E-state index contributed by atoms with van der Waals surface area (Å²) < 4.78 is 5.67. The van der Waals surface area contributed by atoms with Crippen LogP contribution in [0, 0.1) is 5.92 Å². The van der Waals surface area contributed by atoms with E-state index in [0.717, 1.165) is 55.1 Å². The van der Waals surface area contributed by atoms with Crippen molar-refractivity contribution in [2.45, 2.75) is 69.7 Å². The third-order valence-corrected chi connectivity index (χ3v) is 9.84. The number of carbonyl (C=O) groups is 1. The number of thiazole rings is 1. The lowest BCUT2D eigenvalue weighted by molar-refractivity contribution is 0.0982. The van der Waals surface area contributed by atoms with Gasteiger partial charge in [-0.25, -0.2) is 9.78 Å². The fourth-order valence-corrected chi connectivity index (χ4v) is 7.46. The van der Waals surface area contributed by atoms with Crippen LogP contribution in [0.2, 0.25) is 0 Å². The Morgan fingerprint density at radius 1 is 1.03 bits per heavy atom. The number of likely N-dealkylation sites (tertiary alicyclic amines) is 1. The minimum Gasteiger partial charge on any atom is -0.496 e. The van der Waals surface area contributed by atoms with Gasteiger partial charge in [0.1, 0.15) is 5.75 Å². The lowest BCUT2D eigenvalue weighted by atomic mass is 9.83. The number of nitrogens with zero attached hydrogens (tertiary/aromatic N) is 4. The van der Waals surface area contributed by atoms with Gasteiger partial charge in [0.15, 0.2) is 5.13 Å². The summed E-state index contributed by atoms with van der Waals surface area (Å²) in [5.41, 5.74) is 3.27. The molecule has 2 amide bonds. The minimum absolute atomic E-state index is 0. The summed E-state index contributed by atoms with van der Waals surface area (Å²) in [6.45, 7) is 7.22. The summed E-state index contributed by atoms with van der Waals surface area (Å²) in [5, 5.41) is 5.75. The van der Waals surface area contributed by atoms with Gasteiger partial charge in [0.05, 0.1) is 12.8 Å². The van der Waals surface area contributed by atoms with E-state index in [1.807, 2.05) is 10.3 Å². The highest BCUT2D eigenvalue weighted by molar-refractivity contribution is 7.14. The van der Waals surface area contributed by atoms with Crippen LogP contribution in [0.25, 0.3) is 11.3 Å². The molecule has 2 saturated heterocycles. The minimum atomic E-state index is -0.0361. The van der Waals surface area contributed by atoms with E-state index < -0.39 is 0 Å². The Bertz CT molecular complexity index is 1090. The van der Waals surface area contributed by atoms with E-state index in [1.54, 1.807) is 7.11 Å². The SMILES string of the molecule is COc1ccc(C2CCCCC2)cc1-c1csc(NC(=O)N2CCN(C[C@@H]3CCCN(C4CC4)C3)CC2)n1.Cl. The van der Waals surface area contributed by atoms with Gasteiger partial charge >= 0.3 is 6.03 Å². The van der Waals surface area contributed by atoms with E-state index in [4.69, 9.17) is 9.72 Å². The lowest BCUT2D eigenvalue weighted by Gasteiger charge is -2.39. The van der Waals surface area contributed by atoms with Crippen molar-refractivity contribution in [2.75, 3.05) is 58.2 Å². The highest BCUT2D eigenvalue weighted by Crippen LogP contribution is 2.39. The van der Waals surface area contributed by atoms with Crippen LogP contribution in [-0.4, -0.2) is 84.7 Å². The van der Waals surface area contributed by atoms with Gasteiger partial charge in [0, 0.05) is 56.3 Å². The molecule has 3 heterocycles. The zero-order valence-corrected chi connectivity index (χ0v) is 24.9. The predicted octanol–water partition coefficient (Wildman–Crippen LogP) is 6.31. The monoisotopic (exact) mass is 573 g/mol. The first kappa shape index (κ1) is 28.7. The molecule has 9 heteroatoms. The molecule has 2 saturated carbocycles. The Morgan fingerprint density at radius 3 is 2.56 bits per heavy atom. The van der Waals surface area contributed by atoms with Crippen LogP contribution in [-0.2, 0) is 0 Å². The second kappa shape index (κ2) is 13.2. The van der Waals surface area contributed by atoms with Crippen molar-refractivity contribution in [3.8, 4) is 17.0 Å². The van der Waals surface area contributed by atoms with Crippen molar-refractivity contribution >= 4 is 34.9 Å². The van der Waals surface area contributed by atoms with Crippen LogP contribution in [0.4, 0.5) is 9.93 Å². The van der Waals surface area contributed by atoms with Gasteiger partial charge in [-0.1, -0.05) is 25.3 Å². The van der Waals surface area contributed by atoms with Crippen LogP contribution in [0.1, 0.15) is 69.3 Å². The van der Waals surface area contributed by atoms with Gasteiger partial charge in [-0.15, -0.1) is 23.7 Å². The second-order valence-electron chi connectivity index (χ2n) is 11.8. The van der Waals surface area contributed by atoms with Gasteiger partial charge in [0.2, 0.25) is 0 Å². The zero-order chi connectivity index (χ0) is 25.9. The summed E-state index contributed by atoms with van der Waals surface area (Å²) in [6.07, 6.45) is 12.0. The number of piperidine rings is 1. The van der Waals surface area contributed by atoms with Crippen LogP contribution >= 0.6 is 23.7 Å². The summed E-state index contributed by atoms with van der Waals surface area (Å²) in [7, 11) is 1.71. The summed E-state index contributed by atoms with van der Waals surface area (Å²) in [5.74, 6) is 2.24. The molecule has 214 valence electrons. The number of halogens is 1. The van der Waals surface area contributed by atoms with Crippen LogP contribution < -0.4 is 10.1 Å². The third-order valence-electron chi connectivity index (χ3n) is 9.08. The molecule has 2 aromatic rings. The molecule has 4 aliphatic rings. The van der Waals surface area contributed by atoms with E-state index in [-0.39, 0.29) is 18.4 Å². The fraction of sp³-hybridized carbons (Fsp3) is 0.667. The van der Waals surface area contributed by atoms with Crippen molar-refractivity contribution in [3.05, 3.63) is 29.1 Å². The van der Waals surface area contributed by atoms with Gasteiger partial charge < -0.3 is 14.5 Å². The molecule has 7 nitrogen and oxygen atoms in total.